The molecule has 0 saturated carbocycles. The zero-order chi connectivity index (χ0) is 15.8. The fraction of sp³-hybridized carbons (Fsp3) is 0.667. The third kappa shape index (κ3) is 2.82. The standard InChI is InChI=1S/C12H17N3O6/c1-12(5-20-6-12)7-21-8(16)4-15-10(18)13(2)9(17)14(3)11(15)19/h4-7H2,1-3H3. The summed E-state index contributed by atoms with van der Waals surface area (Å²) in [6, 6.07) is 0. The second kappa shape index (κ2) is 5.32. The van der Waals surface area contributed by atoms with Gasteiger partial charge in [0.1, 0.15) is 13.2 Å². The Kier molecular flexibility index (Phi) is 3.86. The molecule has 1 aromatic rings. The Bertz CT molecular complexity index is 697. The van der Waals surface area contributed by atoms with Crippen LogP contribution in [0.25, 0.3) is 0 Å². The van der Waals surface area contributed by atoms with Crippen molar-refractivity contribution in [3.05, 3.63) is 31.5 Å². The molecule has 21 heavy (non-hydrogen) atoms. The van der Waals surface area contributed by atoms with E-state index in [2.05, 4.69) is 0 Å². The summed E-state index contributed by atoms with van der Waals surface area (Å²) < 4.78 is 12.3. The topological polar surface area (TPSA) is 102 Å². The van der Waals surface area contributed by atoms with E-state index in [1.807, 2.05) is 6.92 Å². The predicted molar refractivity (Wildman–Crippen MR) is 71.1 cm³/mol. The summed E-state index contributed by atoms with van der Waals surface area (Å²) in [5.74, 6) is -0.707. The Balaban J connectivity index is 2.16. The van der Waals surface area contributed by atoms with Gasteiger partial charge in [-0.25, -0.2) is 28.1 Å². The van der Waals surface area contributed by atoms with Gasteiger partial charge in [0.25, 0.3) is 0 Å². The van der Waals surface area contributed by atoms with Gasteiger partial charge < -0.3 is 9.47 Å². The lowest BCUT2D eigenvalue weighted by atomic mass is 9.90. The average Bonchev–Trinajstić information content (AvgIpc) is 2.43. The summed E-state index contributed by atoms with van der Waals surface area (Å²) >= 11 is 0. The highest BCUT2D eigenvalue weighted by Gasteiger charge is 2.34. The Morgan fingerprint density at radius 3 is 2.10 bits per heavy atom. The molecule has 0 aliphatic carbocycles. The van der Waals surface area contributed by atoms with Crippen LogP contribution < -0.4 is 17.1 Å². The third-order valence-electron chi connectivity index (χ3n) is 3.38. The molecule has 1 aromatic heterocycles. The van der Waals surface area contributed by atoms with Gasteiger partial charge in [0.2, 0.25) is 0 Å². The maximum absolute atomic E-state index is 11.9. The van der Waals surface area contributed by atoms with E-state index in [0.29, 0.717) is 17.8 Å². The van der Waals surface area contributed by atoms with Crippen molar-refractivity contribution >= 4 is 5.97 Å². The van der Waals surface area contributed by atoms with E-state index in [0.717, 1.165) is 9.13 Å². The number of nitrogens with zero attached hydrogens (tertiary/aromatic N) is 3. The third-order valence-corrected chi connectivity index (χ3v) is 3.38. The molecule has 2 heterocycles. The fourth-order valence-corrected chi connectivity index (χ4v) is 1.93. The Labute approximate surface area is 119 Å². The van der Waals surface area contributed by atoms with Gasteiger partial charge in [-0.3, -0.25) is 4.79 Å². The van der Waals surface area contributed by atoms with E-state index in [1.165, 1.54) is 14.1 Å². The number of hydrogen-bond acceptors (Lipinski definition) is 6. The van der Waals surface area contributed by atoms with Gasteiger partial charge in [0.15, 0.2) is 0 Å². The first-order chi connectivity index (χ1) is 9.75. The number of ether oxygens (including phenoxy) is 2. The number of rotatable bonds is 4. The molecule has 1 aliphatic rings. The largest absolute Gasteiger partial charge is 0.464 e. The molecule has 1 fully saturated rings. The molecule has 0 radical (unpaired) electrons. The highest BCUT2D eigenvalue weighted by molar-refractivity contribution is 5.69. The van der Waals surface area contributed by atoms with Gasteiger partial charge >= 0.3 is 23.0 Å². The number of carbonyl (C=O) groups excluding carboxylic acids is 1. The van der Waals surface area contributed by atoms with Crippen LogP contribution in [-0.2, 0) is 34.9 Å². The SMILES string of the molecule is Cn1c(=O)n(C)c(=O)n(CC(=O)OCC2(C)COC2)c1=O. The maximum atomic E-state index is 11.9. The minimum Gasteiger partial charge on any atom is -0.464 e. The van der Waals surface area contributed by atoms with Crippen LogP contribution in [0.1, 0.15) is 6.92 Å². The van der Waals surface area contributed by atoms with E-state index < -0.39 is 29.6 Å². The number of carbonyl (C=O) groups is 1. The van der Waals surface area contributed by atoms with Crippen LogP contribution >= 0.6 is 0 Å². The van der Waals surface area contributed by atoms with Gasteiger partial charge in [-0.2, -0.15) is 0 Å². The summed E-state index contributed by atoms with van der Waals surface area (Å²) in [5.41, 5.74) is -2.65. The second-order valence-electron chi connectivity index (χ2n) is 5.52. The van der Waals surface area contributed by atoms with Crippen LogP contribution in [0.2, 0.25) is 0 Å². The van der Waals surface area contributed by atoms with E-state index in [9.17, 15) is 19.2 Å². The first kappa shape index (κ1) is 15.2. The van der Waals surface area contributed by atoms with Gasteiger partial charge in [-0.15, -0.1) is 0 Å². The van der Waals surface area contributed by atoms with Gasteiger partial charge in [-0.1, -0.05) is 6.92 Å². The Morgan fingerprint density at radius 2 is 1.67 bits per heavy atom. The monoisotopic (exact) mass is 299 g/mol. The molecule has 116 valence electrons. The smallest absolute Gasteiger partial charge is 0.336 e. The first-order valence-corrected chi connectivity index (χ1v) is 6.35. The molecule has 1 saturated heterocycles. The van der Waals surface area contributed by atoms with Gasteiger partial charge in [0, 0.05) is 19.5 Å². The van der Waals surface area contributed by atoms with E-state index in [-0.39, 0.29) is 12.0 Å². The van der Waals surface area contributed by atoms with Crippen molar-refractivity contribution in [3.8, 4) is 0 Å². The summed E-state index contributed by atoms with van der Waals surface area (Å²) in [6.07, 6.45) is 0. The summed E-state index contributed by atoms with van der Waals surface area (Å²) in [5, 5.41) is 0. The zero-order valence-corrected chi connectivity index (χ0v) is 12.1. The van der Waals surface area contributed by atoms with Crippen molar-refractivity contribution in [2.45, 2.75) is 13.5 Å². The molecule has 1 aliphatic heterocycles. The molecule has 0 amide bonds. The van der Waals surface area contributed by atoms with E-state index in [1.54, 1.807) is 0 Å². The van der Waals surface area contributed by atoms with Crippen molar-refractivity contribution in [2.24, 2.45) is 19.5 Å². The molecule has 0 spiro atoms. The molecular weight excluding hydrogens is 282 g/mol. The molecule has 9 heteroatoms. The van der Waals surface area contributed by atoms with Gasteiger partial charge in [-0.05, 0) is 0 Å². The molecule has 2 rings (SSSR count). The van der Waals surface area contributed by atoms with Crippen LogP contribution in [0.5, 0.6) is 0 Å². The van der Waals surface area contributed by atoms with Crippen LogP contribution in [0.3, 0.4) is 0 Å². The minimum absolute atomic E-state index is 0.159. The lowest BCUT2D eigenvalue weighted by Crippen LogP contribution is -2.53. The van der Waals surface area contributed by atoms with Crippen molar-refractivity contribution in [2.75, 3.05) is 19.8 Å². The van der Waals surface area contributed by atoms with Crippen molar-refractivity contribution in [1.29, 1.82) is 0 Å². The zero-order valence-electron chi connectivity index (χ0n) is 12.1. The van der Waals surface area contributed by atoms with E-state index >= 15 is 0 Å². The average molecular weight is 299 g/mol. The number of esters is 1. The minimum atomic E-state index is -0.849. The fourth-order valence-electron chi connectivity index (χ4n) is 1.93. The highest BCUT2D eigenvalue weighted by Crippen LogP contribution is 2.26. The quantitative estimate of drug-likeness (QED) is 0.586. The summed E-state index contributed by atoms with van der Waals surface area (Å²) in [4.78, 5) is 47.0. The first-order valence-electron chi connectivity index (χ1n) is 6.35. The van der Waals surface area contributed by atoms with Crippen LogP contribution in [0, 0.1) is 5.41 Å². The molecule has 0 unspecified atom stereocenters. The summed E-state index contributed by atoms with van der Waals surface area (Å²) in [7, 11) is 2.47. The molecule has 0 bridgehead atoms. The molecular formula is C12H17N3O6. The molecule has 0 aromatic carbocycles. The molecule has 9 nitrogen and oxygen atoms in total. The second-order valence-corrected chi connectivity index (χ2v) is 5.52. The number of aromatic nitrogens is 3. The van der Waals surface area contributed by atoms with Crippen molar-refractivity contribution in [3.63, 3.8) is 0 Å². The normalized spacial score (nSPS) is 16.3. The highest BCUT2D eigenvalue weighted by atomic mass is 16.5. The van der Waals surface area contributed by atoms with Crippen molar-refractivity contribution < 1.29 is 14.3 Å². The lowest BCUT2D eigenvalue weighted by molar-refractivity contribution is -0.165. The van der Waals surface area contributed by atoms with Gasteiger partial charge in [0.05, 0.1) is 13.2 Å². The molecule has 0 atom stereocenters. The Morgan fingerprint density at radius 1 is 1.14 bits per heavy atom. The predicted octanol–water partition coefficient (Wildman–Crippen LogP) is -2.17. The molecule has 0 N–H and O–H groups in total. The van der Waals surface area contributed by atoms with Crippen LogP contribution in [0.4, 0.5) is 0 Å². The Hall–Kier alpha value is -2.16. The van der Waals surface area contributed by atoms with Crippen LogP contribution in [-0.4, -0.2) is 39.5 Å². The summed E-state index contributed by atoms with van der Waals surface area (Å²) in [6.45, 7) is 2.54. The van der Waals surface area contributed by atoms with E-state index in [4.69, 9.17) is 9.47 Å². The maximum Gasteiger partial charge on any atom is 0.336 e. The van der Waals surface area contributed by atoms with Crippen molar-refractivity contribution in [1.82, 2.24) is 13.7 Å². The van der Waals surface area contributed by atoms with Crippen LogP contribution in [0.15, 0.2) is 14.4 Å². The number of hydrogen-bond donors (Lipinski definition) is 0. The lowest BCUT2D eigenvalue weighted by Gasteiger charge is -2.37.